The Morgan fingerprint density at radius 3 is 2.39 bits per heavy atom. The fourth-order valence-electron chi connectivity index (χ4n) is 1.98. The maximum Gasteiger partial charge on any atom is 0.409 e. The second kappa shape index (κ2) is 6.38. The van der Waals surface area contributed by atoms with Crippen molar-refractivity contribution in [3.8, 4) is 0 Å². The zero-order chi connectivity index (χ0) is 13.8. The van der Waals surface area contributed by atoms with Crippen LogP contribution in [0.3, 0.4) is 0 Å². The number of rotatable bonds is 3. The molecular weight excluding hydrogens is 232 g/mol. The van der Waals surface area contributed by atoms with Gasteiger partial charge in [0, 0.05) is 19.7 Å². The van der Waals surface area contributed by atoms with Crippen LogP contribution in [0.4, 0.5) is 4.79 Å². The molecule has 1 heterocycles. The van der Waals surface area contributed by atoms with Crippen molar-refractivity contribution in [2.75, 3.05) is 19.7 Å². The van der Waals surface area contributed by atoms with Gasteiger partial charge in [-0.05, 0) is 46.5 Å². The Balaban J connectivity index is 2.33. The number of piperidine rings is 1. The zero-order valence-corrected chi connectivity index (χ0v) is 11.8. The third-order valence-corrected chi connectivity index (χ3v) is 3.03. The summed E-state index contributed by atoms with van der Waals surface area (Å²) in [7, 11) is 0. The van der Waals surface area contributed by atoms with E-state index in [1.54, 1.807) is 0 Å². The van der Waals surface area contributed by atoms with Crippen molar-refractivity contribution in [1.82, 2.24) is 10.2 Å². The highest BCUT2D eigenvalue weighted by Gasteiger charge is 2.25. The molecule has 0 bridgehead atoms. The van der Waals surface area contributed by atoms with Crippen LogP contribution in [0, 0.1) is 12.1 Å². The summed E-state index contributed by atoms with van der Waals surface area (Å²) in [6, 6.07) is 0. The molecule has 105 valence electrons. The first-order chi connectivity index (χ1) is 8.31. The van der Waals surface area contributed by atoms with Gasteiger partial charge < -0.3 is 9.84 Å². The summed E-state index contributed by atoms with van der Waals surface area (Å²) >= 11 is 0. The van der Waals surface area contributed by atoms with Gasteiger partial charge in [-0.1, -0.05) is 0 Å². The number of alkyl carbamates (subject to hydrolysis) is 1. The third kappa shape index (κ3) is 5.23. The van der Waals surface area contributed by atoms with E-state index in [2.05, 4.69) is 10.2 Å². The minimum atomic E-state index is -0.478. The second-order valence-electron chi connectivity index (χ2n) is 5.83. The number of aliphatic hydroxyl groups excluding tert-OH is 1. The van der Waals surface area contributed by atoms with Crippen LogP contribution in [0.25, 0.3) is 0 Å². The smallest absolute Gasteiger partial charge is 0.409 e. The summed E-state index contributed by atoms with van der Waals surface area (Å²) in [6.45, 7) is 9.40. The molecule has 1 fully saturated rings. The Bertz CT molecular complexity index is 268. The average Bonchev–Trinajstić information content (AvgIpc) is 2.26. The lowest BCUT2D eigenvalue weighted by Crippen LogP contribution is -2.45. The lowest BCUT2D eigenvalue weighted by molar-refractivity contribution is 0.0478. The molecule has 0 saturated carbocycles. The molecule has 0 aliphatic carbocycles. The molecule has 1 rings (SSSR count). The predicted molar refractivity (Wildman–Crippen MR) is 69.7 cm³/mol. The van der Waals surface area contributed by atoms with Crippen molar-refractivity contribution < 1.29 is 14.6 Å². The predicted octanol–water partition coefficient (Wildman–Crippen LogP) is 1.72. The van der Waals surface area contributed by atoms with Crippen LogP contribution < -0.4 is 5.32 Å². The summed E-state index contributed by atoms with van der Waals surface area (Å²) < 4.78 is 5.20. The summed E-state index contributed by atoms with van der Waals surface area (Å²) in [4.78, 5) is 13.7. The average molecular weight is 257 g/mol. The molecule has 0 spiro atoms. The molecule has 1 saturated heterocycles. The van der Waals surface area contributed by atoms with Crippen LogP contribution in [0.1, 0.15) is 40.5 Å². The number of amides is 1. The number of nitrogens with zero attached hydrogens (tertiary/aromatic N) is 1. The van der Waals surface area contributed by atoms with Crippen molar-refractivity contribution in [1.29, 1.82) is 0 Å². The first kappa shape index (κ1) is 15.2. The van der Waals surface area contributed by atoms with Gasteiger partial charge in [0.2, 0.25) is 0 Å². The largest absolute Gasteiger partial charge is 0.444 e. The number of ether oxygens (including phenoxy) is 1. The van der Waals surface area contributed by atoms with Crippen LogP contribution in [0.5, 0.6) is 0 Å². The lowest BCUT2D eigenvalue weighted by Gasteiger charge is -2.35. The van der Waals surface area contributed by atoms with Gasteiger partial charge in [-0.15, -0.1) is 0 Å². The van der Waals surface area contributed by atoms with Crippen molar-refractivity contribution in [3.05, 3.63) is 6.17 Å². The summed E-state index contributed by atoms with van der Waals surface area (Å²) in [5, 5.41) is 11.8. The van der Waals surface area contributed by atoms with Gasteiger partial charge in [0.25, 0.3) is 0 Å². The molecule has 0 aromatic carbocycles. The summed E-state index contributed by atoms with van der Waals surface area (Å²) in [5.41, 5.74) is -0.478. The fourth-order valence-corrected chi connectivity index (χ4v) is 1.98. The van der Waals surface area contributed by atoms with E-state index in [9.17, 15) is 4.79 Å². The van der Waals surface area contributed by atoms with Crippen molar-refractivity contribution in [3.63, 3.8) is 0 Å². The van der Waals surface area contributed by atoms with Gasteiger partial charge in [-0.25, -0.2) is 4.79 Å². The number of aliphatic hydroxyl groups is 1. The molecule has 0 aromatic rings. The van der Waals surface area contributed by atoms with Crippen LogP contribution in [-0.4, -0.2) is 41.4 Å². The molecule has 5 heteroatoms. The number of hydrogen-bond donors (Lipinski definition) is 2. The van der Waals surface area contributed by atoms with E-state index in [1.807, 2.05) is 27.7 Å². The molecule has 5 nitrogen and oxygen atoms in total. The molecule has 1 aliphatic rings. The first-order valence-corrected chi connectivity index (χ1v) is 6.51. The lowest BCUT2D eigenvalue weighted by atomic mass is 9.98. The van der Waals surface area contributed by atoms with E-state index >= 15 is 0 Å². The van der Waals surface area contributed by atoms with Gasteiger partial charge in [-0.2, -0.15) is 0 Å². The van der Waals surface area contributed by atoms with E-state index in [0.717, 1.165) is 32.1 Å². The molecule has 1 aliphatic heterocycles. The van der Waals surface area contributed by atoms with Gasteiger partial charge in [0.1, 0.15) is 11.8 Å². The Labute approximate surface area is 109 Å². The molecule has 2 N–H and O–H groups in total. The topological polar surface area (TPSA) is 61.8 Å². The minimum Gasteiger partial charge on any atom is -0.444 e. The van der Waals surface area contributed by atoms with Crippen LogP contribution >= 0.6 is 0 Å². The van der Waals surface area contributed by atoms with E-state index in [0.29, 0.717) is 5.92 Å². The van der Waals surface area contributed by atoms with Gasteiger partial charge >= 0.3 is 6.09 Å². The normalized spacial score (nSPS) is 19.0. The molecular formula is C13H25N2O3. The molecule has 1 radical (unpaired) electrons. The Hall–Kier alpha value is -0.810. The minimum absolute atomic E-state index is 0.256. The highest BCUT2D eigenvalue weighted by molar-refractivity contribution is 5.69. The summed E-state index contributed by atoms with van der Waals surface area (Å²) in [5.74, 6) is 0.399. The van der Waals surface area contributed by atoms with E-state index in [4.69, 9.17) is 9.84 Å². The number of carbonyl (C=O) groups is 1. The van der Waals surface area contributed by atoms with Crippen molar-refractivity contribution in [2.45, 2.75) is 46.1 Å². The Morgan fingerprint density at radius 2 is 1.94 bits per heavy atom. The number of hydrogen-bond acceptors (Lipinski definition) is 4. The Kier molecular flexibility index (Phi) is 5.41. The molecule has 0 atom stereocenters. The van der Waals surface area contributed by atoms with Crippen LogP contribution in [-0.2, 0) is 4.74 Å². The monoisotopic (exact) mass is 257 g/mol. The fraction of sp³-hybridized carbons (Fsp3) is 0.846. The number of carbonyl (C=O) groups excluding carboxylic acids is 1. The first-order valence-electron chi connectivity index (χ1n) is 6.51. The number of likely N-dealkylation sites (tertiary alicyclic amines) is 1. The SMILES string of the molecule is C[C](NC(=O)OC(C)(C)C)N1CCC(CO)CC1. The van der Waals surface area contributed by atoms with Gasteiger partial charge in [-0.3, -0.25) is 10.2 Å². The van der Waals surface area contributed by atoms with Crippen LogP contribution in [0.2, 0.25) is 0 Å². The molecule has 0 aromatic heterocycles. The van der Waals surface area contributed by atoms with Crippen molar-refractivity contribution >= 4 is 6.09 Å². The third-order valence-electron chi connectivity index (χ3n) is 3.03. The molecule has 1 amide bonds. The van der Waals surface area contributed by atoms with E-state index < -0.39 is 11.7 Å². The maximum absolute atomic E-state index is 11.6. The Morgan fingerprint density at radius 1 is 1.39 bits per heavy atom. The van der Waals surface area contributed by atoms with E-state index in [1.165, 1.54) is 0 Å². The van der Waals surface area contributed by atoms with E-state index in [-0.39, 0.29) is 6.61 Å². The maximum atomic E-state index is 11.6. The number of nitrogens with one attached hydrogen (secondary N) is 1. The highest BCUT2D eigenvalue weighted by atomic mass is 16.6. The summed E-state index contributed by atoms with van der Waals surface area (Å²) in [6.07, 6.45) is 2.33. The molecule has 18 heavy (non-hydrogen) atoms. The van der Waals surface area contributed by atoms with Gasteiger partial charge in [0.05, 0.1) is 0 Å². The zero-order valence-electron chi connectivity index (χ0n) is 11.8. The highest BCUT2D eigenvalue weighted by Crippen LogP contribution is 2.20. The quantitative estimate of drug-likeness (QED) is 0.808. The standard InChI is InChI=1S/C13H25N2O3/c1-10(14-12(17)18-13(2,3)4)15-7-5-11(9-16)6-8-15/h11,16H,5-9H2,1-4H3,(H,14,17). The second-order valence-corrected chi connectivity index (χ2v) is 5.83. The van der Waals surface area contributed by atoms with Crippen molar-refractivity contribution in [2.24, 2.45) is 5.92 Å². The molecule has 0 unspecified atom stereocenters. The van der Waals surface area contributed by atoms with Crippen LogP contribution in [0.15, 0.2) is 0 Å². The van der Waals surface area contributed by atoms with Gasteiger partial charge in [0.15, 0.2) is 0 Å².